The minimum absolute atomic E-state index is 0.125. The van der Waals surface area contributed by atoms with E-state index in [1.54, 1.807) is 0 Å². The SMILES string of the molecule is CN1C2CCC1CC(CNS(=O)(=O)c1ccc(F)cc1)C2. The van der Waals surface area contributed by atoms with Crippen molar-refractivity contribution in [1.29, 1.82) is 0 Å². The average Bonchev–Trinajstić information content (AvgIpc) is 2.68. The Morgan fingerprint density at radius 2 is 1.76 bits per heavy atom. The van der Waals surface area contributed by atoms with E-state index in [1.807, 2.05) is 0 Å². The normalized spacial score (nSPS) is 29.7. The quantitative estimate of drug-likeness (QED) is 0.925. The number of halogens is 1. The van der Waals surface area contributed by atoms with E-state index in [4.69, 9.17) is 0 Å². The Morgan fingerprint density at radius 3 is 2.33 bits per heavy atom. The Labute approximate surface area is 125 Å². The lowest BCUT2D eigenvalue weighted by Crippen LogP contribution is -2.43. The van der Waals surface area contributed by atoms with Crippen LogP contribution in [0.1, 0.15) is 25.7 Å². The molecule has 0 saturated carbocycles. The van der Waals surface area contributed by atoms with Crippen molar-refractivity contribution in [1.82, 2.24) is 9.62 Å². The molecule has 2 saturated heterocycles. The van der Waals surface area contributed by atoms with E-state index in [1.165, 1.54) is 37.1 Å². The van der Waals surface area contributed by atoms with Gasteiger partial charge in [-0.3, -0.25) is 0 Å². The van der Waals surface area contributed by atoms with Gasteiger partial charge in [0.2, 0.25) is 10.0 Å². The van der Waals surface area contributed by atoms with Crippen molar-refractivity contribution in [3.8, 4) is 0 Å². The maximum absolute atomic E-state index is 12.9. The lowest BCUT2D eigenvalue weighted by Gasteiger charge is -2.36. The van der Waals surface area contributed by atoms with Crippen molar-refractivity contribution < 1.29 is 12.8 Å². The van der Waals surface area contributed by atoms with Crippen molar-refractivity contribution in [3.63, 3.8) is 0 Å². The van der Waals surface area contributed by atoms with E-state index < -0.39 is 15.8 Å². The van der Waals surface area contributed by atoms with Gasteiger partial charge in [-0.15, -0.1) is 0 Å². The molecule has 0 radical (unpaired) electrons. The van der Waals surface area contributed by atoms with Gasteiger partial charge in [0.15, 0.2) is 0 Å². The second-order valence-electron chi connectivity index (χ2n) is 6.19. The predicted octanol–water partition coefficient (Wildman–Crippen LogP) is 1.98. The molecule has 1 aromatic carbocycles. The first-order valence-corrected chi connectivity index (χ1v) is 8.91. The first kappa shape index (κ1) is 14.9. The molecule has 2 unspecified atom stereocenters. The molecule has 4 nitrogen and oxygen atoms in total. The summed E-state index contributed by atoms with van der Waals surface area (Å²) in [6.45, 7) is 0.473. The van der Waals surface area contributed by atoms with E-state index in [0.717, 1.165) is 12.8 Å². The largest absolute Gasteiger partial charge is 0.300 e. The third-order valence-electron chi connectivity index (χ3n) is 4.88. The van der Waals surface area contributed by atoms with Crippen LogP contribution < -0.4 is 4.72 Å². The Kier molecular flexibility index (Phi) is 4.03. The van der Waals surface area contributed by atoms with Crippen molar-refractivity contribution in [2.24, 2.45) is 5.92 Å². The third kappa shape index (κ3) is 3.12. The zero-order chi connectivity index (χ0) is 15.0. The van der Waals surface area contributed by atoms with Gasteiger partial charge in [0, 0.05) is 18.6 Å². The van der Waals surface area contributed by atoms with Crippen LogP contribution in [0.25, 0.3) is 0 Å². The summed E-state index contributed by atoms with van der Waals surface area (Å²) in [4.78, 5) is 2.56. The standard InChI is InChI=1S/C15H21FN2O2S/c1-18-13-4-5-14(18)9-11(8-13)10-17-21(19,20)15-6-2-12(16)3-7-15/h2-3,6-7,11,13-14,17H,4-5,8-10H2,1H3. The molecule has 1 N–H and O–H groups in total. The Morgan fingerprint density at radius 1 is 1.19 bits per heavy atom. The number of sulfonamides is 1. The zero-order valence-electron chi connectivity index (χ0n) is 12.1. The van der Waals surface area contributed by atoms with Crippen LogP contribution in [0.15, 0.2) is 29.2 Å². The Balaban J connectivity index is 1.61. The van der Waals surface area contributed by atoms with Crippen LogP contribution in [0.2, 0.25) is 0 Å². The van der Waals surface area contributed by atoms with Crippen molar-refractivity contribution in [2.45, 2.75) is 42.7 Å². The Bertz CT molecular complexity index is 589. The molecule has 2 heterocycles. The molecule has 2 aliphatic heterocycles. The molecular formula is C15H21FN2O2S. The number of nitrogens with zero attached hydrogens (tertiary/aromatic N) is 1. The minimum Gasteiger partial charge on any atom is -0.300 e. The van der Waals surface area contributed by atoms with Crippen LogP contribution in [0.3, 0.4) is 0 Å². The first-order valence-electron chi connectivity index (χ1n) is 7.43. The monoisotopic (exact) mass is 312 g/mol. The van der Waals surface area contributed by atoms with E-state index in [9.17, 15) is 12.8 Å². The highest BCUT2D eigenvalue weighted by molar-refractivity contribution is 7.89. The fraction of sp³-hybridized carbons (Fsp3) is 0.600. The molecule has 0 aliphatic carbocycles. The Hall–Kier alpha value is -0.980. The number of rotatable bonds is 4. The lowest BCUT2D eigenvalue weighted by atomic mass is 9.91. The highest BCUT2D eigenvalue weighted by Crippen LogP contribution is 2.37. The van der Waals surface area contributed by atoms with E-state index in [0.29, 0.717) is 24.5 Å². The third-order valence-corrected chi connectivity index (χ3v) is 6.32. The van der Waals surface area contributed by atoms with Crippen LogP contribution in [-0.4, -0.2) is 39.0 Å². The van der Waals surface area contributed by atoms with E-state index >= 15 is 0 Å². The van der Waals surface area contributed by atoms with E-state index in [2.05, 4.69) is 16.7 Å². The van der Waals surface area contributed by atoms with Crippen molar-refractivity contribution in [3.05, 3.63) is 30.1 Å². The first-order chi connectivity index (χ1) is 9.95. The van der Waals surface area contributed by atoms with Crippen LogP contribution in [0.5, 0.6) is 0 Å². The summed E-state index contributed by atoms with van der Waals surface area (Å²) < 4.78 is 39.9. The summed E-state index contributed by atoms with van der Waals surface area (Å²) >= 11 is 0. The highest BCUT2D eigenvalue weighted by atomic mass is 32.2. The molecule has 2 bridgehead atoms. The molecule has 2 atom stereocenters. The van der Waals surface area contributed by atoms with Crippen molar-refractivity contribution >= 4 is 10.0 Å². The number of benzene rings is 1. The van der Waals surface area contributed by atoms with Gasteiger partial charge in [0.25, 0.3) is 0 Å². The molecule has 0 spiro atoms. The van der Waals surface area contributed by atoms with Gasteiger partial charge >= 0.3 is 0 Å². The van der Waals surface area contributed by atoms with Crippen LogP contribution in [-0.2, 0) is 10.0 Å². The molecule has 1 aromatic rings. The van der Waals surface area contributed by atoms with Gasteiger partial charge in [-0.05, 0) is 62.9 Å². The lowest BCUT2D eigenvalue weighted by molar-refractivity contribution is 0.135. The molecule has 2 fully saturated rings. The number of fused-ring (bicyclic) bond motifs is 2. The average molecular weight is 312 g/mol. The highest BCUT2D eigenvalue weighted by Gasteiger charge is 2.38. The van der Waals surface area contributed by atoms with Gasteiger partial charge in [0.05, 0.1) is 4.90 Å². The fourth-order valence-corrected chi connectivity index (χ4v) is 4.73. The minimum atomic E-state index is -3.53. The van der Waals surface area contributed by atoms with Gasteiger partial charge in [-0.25, -0.2) is 17.5 Å². The van der Waals surface area contributed by atoms with Crippen LogP contribution in [0.4, 0.5) is 4.39 Å². The van der Waals surface area contributed by atoms with Crippen LogP contribution >= 0.6 is 0 Å². The molecule has 116 valence electrons. The molecule has 2 aliphatic rings. The molecule has 21 heavy (non-hydrogen) atoms. The summed E-state index contributed by atoms with van der Waals surface area (Å²) in [5.41, 5.74) is 0. The maximum Gasteiger partial charge on any atom is 0.240 e. The summed E-state index contributed by atoms with van der Waals surface area (Å²) in [6, 6.07) is 6.15. The van der Waals surface area contributed by atoms with Crippen molar-refractivity contribution in [2.75, 3.05) is 13.6 Å². The van der Waals surface area contributed by atoms with Gasteiger partial charge in [-0.1, -0.05) is 0 Å². The molecule has 0 aromatic heterocycles. The summed E-state index contributed by atoms with van der Waals surface area (Å²) in [6.07, 6.45) is 4.56. The zero-order valence-corrected chi connectivity index (χ0v) is 12.9. The number of hydrogen-bond donors (Lipinski definition) is 1. The number of hydrogen-bond acceptors (Lipinski definition) is 3. The molecule has 0 amide bonds. The second-order valence-corrected chi connectivity index (χ2v) is 7.96. The summed E-state index contributed by atoms with van der Waals surface area (Å²) in [7, 11) is -1.37. The van der Waals surface area contributed by atoms with Gasteiger partial charge in [0.1, 0.15) is 5.82 Å². The van der Waals surface area contributed by atoms with Gasteiger partial charge in [-0.2, -0.15) is 0 Å². The summed E-state index contributed by atoms with van der Waals surface area (Å²) in [5.74, 6) is -0.0326. The molecule has 6 heteroatoms. The smallest absolute Gasteiger partial charge is 0.240 e. The fourth-order valence-electron chi connectivity index (χ4n) is 3.62. The second kappa shape index (κ2) is 5.66. The maximum atomic E-state index is 12.9. The van der Waals surface area contributed by atoms with Gasteiger partial charge < -0.3 is 4.90 Å². The van der Waals surface area contributed by atoms with Crippen LogP contribution in [0, 0.1) is 11.7 Å². The summed E-state index contributed by atoms with van der Waals surface area (Å²) in [5, 5.41) is 0. The number of piperidine rings is 1. The topological polar surface area (TPSA) is 49.4 Å². The van der Waals surface area contributed by atoms with E-state index in [-0.39, 0.29) is 4.90 Å². The molecule has 3 rings (SSSR count). The predicted molar refractivity (Wildman–Crippen MR) is 78.9 cm³/mol. The molecular weight excluding hydrogens is 291 g/mol. The number of nitrogens with one attached hydrogen (secondary N) is 1.